The Morgan fingerprint density at radius 2 is 1.76 bits per heavy atom. The van der Waals surface area contributed by atoms with Crippen LogP contribution in [0, 0.1) is 13.8 Å². The maximum Gasteiger partial charge on any atom is 0.161 e. The van der Waals surface area contributed by atoms with E-state index in [1.165, 1.54) is 0 Å². The van der Waals surface area contributed by atoms with Gasteiger partial charge in [-0.25, -0.2) is 9.97 Å². The topological polar surface area (TPSA) is 62.1 Å². The predicted molar refractivity (Wildman–Crippen MR) is 82.2 cm³/mol. The number of anilines is 1. The van der Waals surface area contributed by atoms with Crippen molar-refractivity contribution >= 4 is 5.82 Å². The Kier molecular flexibility index (Phi) is 3.84. The lowest BCUT2D eigenvalue weighted by molar-refractivity contribution is 0.145. The molecule has 110 valence electrons. The molecule has 2 aromatic rings. The first-order valence-electron chi connectivity index (χ1n) is 7.34. The zero-order valence-electron chi connectivity index (χ0n) is 12.5. The van der Waals surface area contributed by atoms with Crippen LogP contribution < -0.4 is 4.90 Å². The molecule has 0 unspecified atom stereocenters. The van der Waals surface area contributed by atoms with Crippen LogP contribution >= 0.6 is 0 Å². The molecule has 0 bridgehead atoms. The van der Waals surface area contributed by atoms with Crippen molar-refractivity contribution < 1.29 is 5.11 Å². The Bertz CT molecular complexity index is 622. The SMILES string of the molecule is Cc1nc(-c2ccncc2)nc(N2CCC(O)CC2)c1C. The van der Waals surface area contributed by atoms with Crippen molar-refractivity contribution in [2.75, 3.05) is 18.0 Å². The molecule has 0 saturated carbocycles. The highest BCUT2D eigenvalue weighted by molar-refractivity contribution is 5.60. The molecule has 5 heteroatoms. The molecule has 3 rings (SSSR count). The second kappa shape index (κ2) is 5.77. The van der Waals surface area contributed by atoms with Gasteiger partial charge in [0.1, 0.15) is 5.82 Å². The number of hydrogen-bond donors (Lipinski definition) is 1. The van der Waals surface area contributed by atoms with Crippen LogP contribution in [0.15, 0.2) is 24.5 Å². The van der Waals surface area contributed by atoms with Gasteiger partial charge in [-0.2, -0.15) is 0 Å². The van der Waals surface area contributed by atoms with Gasteiger partial charge >= 0.3 is 0 Å². The maximum atomic E-state index is 9.66. The van der Waals surface area contributed by atoms with Gasteiger partial charge in [-0.1, -0.05) is 0 Å². The summed E-state index contributed by atoms with van der Waals surface area (Å²) in [6, 6.07) is 3.85. The number of rotatable bonds is 2. The summed E-state index contributed by atoms with van der Waals surface area (Å²) in [5, 5.41) is 9.66. The van der Waals surface area contributed by atoms with E-state index in [9.17, 15) is 5.11 Å². The molecule has 1 N–H and O–H groups in total. The molecule has 1 aliphatic heterocycles. The summed E-state index contributed by atoms with van der Waals surface area (Å²) in [7, 11) is 0. The average molecular weight is 284 g/mol. The van der Waals surface area contributed by atoms with Crippen molar-refractivity contribution in [3.05, 3.63) is 35.8 Å². The van der Waals surface area contributed by atoms with Gasteiger partial charge in [0.2, 0.25) is 0 Å². The Balaban J connectivity index is 1.98. The minimum absolute atomic E-state index is 0.177. The zero-order valence-corrected chi connectivity index (χ0v) is 12.5. The van der Waals surface area contributed by atoms with Crippen LogP contribution in [0.25, 0.3) is 11.4 Å². The molecule has 0 aromatic carbocycles. The van der Waals surface area contributed by atoms with E-state index in [1.807, 2.05) is 19.1 Å². The normalized spacial score (nSPS) is 16.2. The van der Waals surface area contributed by atoms with Crippen LogP contribution in [-0.4, -0.2) is 39.3 Å². The van der Waals surface area contributed by atoms with Gasteiger partial charge in [0, 0.05) is 42.3 Å². The number of aliphatic hydroxyl groups is 1. The maximum absolute atomic E-state index is 9.66. The molecular weight excluding hydrogens is 264 g/mol. The third-order valence-corrected chi connectivity index (χ3v) is 4.07. The zero-order chi connectivity index (χ0) is 14.8. The second-order valence-electron chi connectivity index (χ2n) is 5.54. The summed E-state index contributed by atoms with van der Waals surface area (Å²) < 4.78 is 0. The van der Waals surface area contributed by atoms with Gasteiger partial charge in [-0.3, -0.25) is 4.98 Å². The number of piperidine rings is 1. The molecule has 5 nitrogen and oxygen atoms in total. The summed E-state index contributed by atoms with van der Waals surface area (Å²) in [6.07, 6.45) is 4.93. The number of aryl methyl sites for hydroxylation is 1. The number of nitrogens with zero attached hydrogens (tertiary/aromatic N) is 4. The first kappa shape index (κ1) is 13.9. The Labute approximate surface area is 124 Å². The Morgan fingerprint density at radius 3 is 2.43 bits per heavy atom. The van der Waals surface area contributed by atoms with Crippen molar-refractivity contribution in [1.82, 2.24) is 15.0 Å². The molecular formula is C16H20N4O. The molecule has 1 fully saturated rings. The molecule has 1 aliphatic rings. The van der Waals surface area contributed by atoms with E-state index in [0.717, 1.165) is 54.4 Å². The van der Waals surface area contributed by atoms with Gasteiger partial charge < -0.3 is 10.0 Å². The summed E-state index contributed by atoms with van der Waals surface area (Å²) >= 11 is 0. The molecule has 0 aliphatic carbocycles. The molecule has 2 aromatic heterocycles. The monoisotopic (exact) mass is 284 g/mol. The second-order valence-corrected chi connectivity index (χ2v) is 5.54. The van der Waals surface area contributed by atoms with E-state index in [0.29, 0.717) is 0 Å². The van der Waals surface area contributed by atoms with Crippen LogP contribution in [0.1, 0.15) is 24.1 Å². The van der Waals surface area contributed by atoms with Crippen LogP contribution in [-0.2, 0) is 0 Å². The van der Waals surface area contributed by atoms with Gasteiger partial charge in [0.25, 0.3) is 0 Å². The van der Waals surface area contributed by atoms with E-state index >= 15 is 0 Å². The lowest BCUT2D eigenvalue weighted by Gasteiger charge is -2.32. The van der Waals surface area contributed by atoms with E-state index in [-0.39, 0.29) is 6.10 Å². The third kappa shape index (κ3) is 2.88. The van der Waals surface area contributed by atoms with E-state index in [1.54, 1.807) is 12.4 Å². The smallest absolute Gasteiger partial charge is 0.161 e. The quantitative estimate of drug-likeness (QED) is 0.915. The fourth-order valence-electron chi connectivity index (χ4n) is 2.63. The van der Waals surface area contributed by atoms with Gasteiger partial charge in [0.05, 0.1) is 6.10 Å². The average Bonchev–Trinajstić information content (AvgIpc) is 2.52. The molecule has 0 atom stereocenters. The van der Waals surface area contributed by atoms with E-state index in [2.05, 4.69) is 21.8 Å². The summed E-state index contributed by atoms with van der Waals surface area (Å²) in [6.45, 7) is 5.76. The molecule has 21 heavy (non-hydrogen) atoms. The highest BCUT2D eigenvalue weighted by Crippen LogP contribution is 2.26. The summed E-state index contributed by atoms with van der Waals surface area (Å²) in [4.78, 5) is 15.6. The van der Waals surface area contributed by atoms with E-state index in [4.69, 9.17) is 4.98 Å². The van der Waals surface area contributed by atoms with Gasteiger partial charge in [0.15, 0.2) is 5.82 Å². The minimum atomic E-state index is -0.177. The first-order chi connectivity index (χ1) is 10.1. The molecule has 3 heterocycles. The third-order valence-electron chi connectivity index (χ3n) is 4.07. The minimum Gasteiger partial charge on any atom is -0.393 e. The Morgan fingerprint density at radius 1 is 1.10 bits per heavy atom. The van der Waals surface area contributed by atoms with Crippen molar-refractivity contribution in [1.29, 1.82) is 0 Å². The summed E-state index contributed by atoms with van der Waals surface area (Å²) in [5.74, 6) is 1.72. The molecule has 0 amide bonds. The molecule has 1 saturated heterocycles. The van der Waals surface area contributed by atoms with Crippen molar-refractivity contribution in [3.63, 3.8) is 0 Å². The number of aromatic nitrogens is 3. The van der Waals surface area contributed by atoms with Crippen molar-refractivity contribution in [3.8, 4) is 11.4 Å². The fraction of sp³-hybridized carbons (Fsp3) is 0.438. The largest absolute Gasteiger partial charge is 0.393 e. The van der Waals surface area contributed by atoms with Crippen LogP contribution in [0.3, 0.4) is 0 Å². The molecule has 0 spiro atoms. The standard InChI is InChI=1S/C16H20N4O/c1-11-12(2)18-15(13-3-7-17-8-4-13)19-16(11)20-9-5-14(21)6-10-20/h3-4,7-8,14,21H,5-6,9-10H2,1-2H3. The highest BCUT2D eigenvalue weighted by Gasteiger charge is 2.21. The van der Waals surface area contributed by atoms with Crippen LogP contribution in [0.5, 0.6) is 0 Å². The lowest BCUT2D eigenvalue weighted by atomic mass is 10.1. The highest BCUT2D eigenvalue weighted by atomic mass is 16.3. The summed E-state index contributed by atoms with van der Waals surface area (Å²) in [5.41, 5.74) is 3.09. The number of pyridine rings is 1. The van der Waals surface area contributed by atoms with Crippen molar-refractivity contribution in [2.45, 2.75) is 32.8 Å². The van der Waals surface area contributed by atoms with Crippen molar-refractivity contribution in [2.24, 2.45) is 0 Å². The Hall–Kier alpha value is -2.01. The van der Waals surface area contributed by atoms with Crippen LogP contribution in [0.2, 0.25) is 0 Å². The van der Waals surface area contributed by atoms with E-state index < -0.39 is 0 Å². The predicted octanol–water partition coefficient (Wildman–Crippen LogP) is 2.12. The number of aliphatic hydroxyl groups excluding tert-OH is 1. The van der Waals surface area contributed by atoms with Crippen LogP contribution in [0.4, 0.5) is 5.82 Å². The first-order valence-corrected chi connectivity index (χ1v) is 7.34. The lowest BCUT2D eigenvalue weighted by Crippen LogP contribution is -2.37. The molecule has 0 radical (unpaired) electrons. The van der Waals surface area contributed by atoms with Gasteiger partial charge in [-0.05, 0) is 38.8 Å². The van der Waals surface area contributed by atoms with Gasteiger partial charge in [-0.15, -0.1) is 0 Å². The fourth-order valence-corrected chi connectivity index (χ4v) is 2.63. The number of hydrogen-bond acceptors (Lipinski definition) is 5.